The Morgan fingerprint density at radius 1 is 1.36 bits per heavy atom. The van der Waals surface area contributed by atoms with E-state index < -0.39 is 0 Å². The molecule has 1 aliphatic rings. The fourth-order valence-electron chi connectivity index (χ4n) is 1.08. The van der Waals surface area contributed by atoms with Crippen molar-refractivity contribution in [3.63, 3.8) is 0 Å². The quantitative estimate of drug-likeness (QED) is 0.646. The summed E-state index contributed by atoms with van der Waals surface area (Å²) >= 11 is 0. The molecular formula is C8H17NO2. The van der Waals surface area contributed by atoms with Crippen LogP contribution >= 0.6 is 0 Å². The summed E-state index contributed by atoms with van der Waals surface area (Å²) in [5.41, 5.74) is 5.58. The largest absolute Gasteiger partial charge is 0.351 e. The van der Waals surface area contributed by atoms with Gasteiger partial charge in [0.05, 0.1) is 19.3 Å². The van der Waals surface area contributed by atoms with Crippen molar-refractivity contribution >= 4 is 0 Å². The fraction of sp³-hybridized carbons (Fsp3) is 1.00. The van der Waals surface area contributed by atoms with Gasteiger partial charge in [0.15, 0.2) is 6.29 Å². The van der Waals surface area contributed by atoms with Crippen molar-refractivity contribution in [3.8, 4) is 0 Å². The first-order valence-corrected chi connectivity index (χ1v) is 4.17. The van der Waals surface area contributed by atoms with E-state index in [1.54, 1.807) is 0 Å². The second-order valence-electron chi connectivity index (χ2n) is 3.49. The highest BCUT2D eigenvalue weighted by Gasteiger charge is 2.19. The molecule has 0 unspecified atom stereocenters. The van der Waals surface area contributed by atoms with Gasteiger partial charge in [-0.25, -0.2) is 0 Å². The number of ether oxygens (including phenoxy) is 2. The Labute approximate surface area is 67.9 Å². The van der Waals surface area contributed by atoms with Crippen molar-refractivity contribution in [1.82, 2.24) is 0 Å². The minimum atomic E-state index is -0.0187. The van der Waals surface area contributed by atoms with Crippen LogP contribution in [0.15, 0.2) is 0 Å². The van der Waals surface area contributed by atoms with Gasteiger partial charge in [0, 0.05) is 6.42 Å². The number of rotatable bonds is 2. The normalized spacial score (nSPS) is 32.7. The zero-order chi connectivity index (χ0) is 8.27. The van der Waals surface area contributed by atoms with Gasteiger partial charge in [0.25, 0.3) is 0 Å². The molecule has 2 N–H and O–H groups in total. The third-order valence-corrected chi connectivity index (χ3v) is 1.66. The molecule has 0 saturated carbocycles. The minimum Gasteiger partial charge on any atom is -0.351 e. The predicted octanol–water partition coefficient (Wildman–Crippen LogP) is 0.733. The summed E-state index contributed by atoms with van der Waals surface area (Å²) in [5.74, 6) is 0.620. The molecule has 1 rings (SSSR count). The molecule has 66 valence electrons. The molecule has 11 heavy (non-hydrogen) atoms. The van der Waals surface area contributed by atoms with Gasteiger partial charge < -0.3 is 15.2 Å². The fourth-order valence-corrected chi connectivity index (χ4v) is 1.08. The van der Waals surface area contributed by atoms with Crippen LogP contribution in [-0.4, -0.2) is 25.5 Å². The smallest absolute Gasteiger partial charge is 0.157 e. The SMILES string of the molecule is CC(C)CC1OCC(N)CO1. The summed E-state index contributed by atoms with van der Waals surface area (Å²) in [5, 5.41) is 0. The van der Waals surface area contributed by atoms with Crippen LogP contribution in [0.25, 0.3) is 0 Å². The van der Waals surface area contributed by atoms with Crippen molar-refractivity contribution in [2.24, 2.45) is 11.7 Å². The Morgan fingerprint density at radius 3 is 2.36 bits per heavy atom. The first-order chi connectivity index (χ1) is 5.18. The highest BCUT2D eigenvalue weighted by Crippen LogP contribution is 2.13. The van der Waals surface area contributed by atoms with E-state index in [1.807, 2.05) is 0 Å². The molecule has 0 radical (unpaired) electrons. The molecule has 3 heteroatoms. The summed E-state index contributed by atoms with van der Waals surface area (Å²) in [6.45, 7) is 5.58. The standard InChI is InChI=1S/C8H17NO2/c1-6(2)3-8-10-4-7(9)5-11-8/h6-8H,3-5,9H2,1-2H3. The van der Waals surface area contributed by atoms with Gasteiger partial charge in [0.1, 0.15) is 0 Å². The van der Waals surface area contributed by atoms with Gasteiger partial charge in [-0.15, -0.1) is 0 Å². The van der Waals surface area contributed by atoms with E-state index in [2.05, 4.69) is 13.8 Å². The maximum atomic E-state index is 5.58. The van der Waals surface area contributed by atoms with E-state index in [0.717, 1.165) is 6.42 Å². The van der Waals surface area contributed by atoms with Crippen molar-refractivity contribution in [1.29, 1.82) is 0 Å². The highest BCUT2D eigenvalue weighted by atomic mass is 16.7. The Kier molecular flexibility index (Phi) is 3.30. The van der Waals surface area contributed by atoms with Gasteiger partial charge in [0.2, 0.25) is 0 Å². The average Bonchev–Trinajstić information content (AvgIpc) is 1.93. The first kappa shape index (κ1) is 8.97. The Balaban J connectivity index is 2.17. The lowest BCUT2D eigenvalue weighted by Gasteiger charge is -2.28. The topological polar surface area (TPSA) is 44.5 Å². The third kappa shape index (κ3) is 3.18. The molecule has 0 aromatic rings. The zero-order valence-corrected chi connectivity index (χ0v) is 7.25. The average molecular weight is 159 g/mol. The molecule has 0 bridgehead atoms. The molecule has 0 aromatic heterocycles. The molecule has 1 aliphatic heterocycles. The van der Waals surface area contributed by atoms with Crippen LogP contribution in [-0.2, 0) is 9.47 Å². The molecule has 1 heterocycles. The molecule has 1 fully saturated rings. The van der Waals surface area contributed by atoms with E-state index in [4.69, 9.17) is 15.2 Å². The lowest BCUT2D eigenvalue weighted by molar-refractivity contribution is -0.191. The summed E-state index contributed by atoms with van der Waals surface area (Å²) in [4.78, 5) is 0. The van der Waals surface area contributed by atoms with Gasteiger partial charge in [-0.1, -0.05) is 13.8 Å². The number of nitrogens with two attached hydrogens (primary N) is 1. The predicted molar refractivity (Wildman–Crippen MR) is 43.1 cm³/mol. The van der Waals surface area contributed by atoms with Gasteiger partial charge >= 0.3 is 0 Å². The molecule has 1 saturated heterocycles. The minimum absolute atomic E-state index is 0.0187. The maximum absolute atomic E-state index is 5.58. The van der Waals surface area contributed by atoms with Crippen LogP contribution < -0.4 is 5.73 Å². The van der Waals surface area contributed by atoms with Crippen molar-refractivity contribution in [2.75, 3.05) is 13.2 Å². The van der Waals surface area contributed by atoms with Crippen LogP contribution in [0.3, 0.4) is 0 Å². The van der Waals surface area contributed by atoms with Gasteiger partial charge in [-0.3, -0.25) is 0 Å². The van der Waals surface area contributed by atoms with E-state index >= 15 is 0 Å². The Bertz CT molecular complexity index is 109. The van der Waals surface area contributed by atoms with Crippen LogP contribution in [0, 0.1) is 5.92 Å². The lowest BCUT2D eigenvalue weighted by Crippen LogP contribution is -2.41. The van der Waals surface area contributed by atoms with E-state index in [1.165, 1.54) is 0 Å². The summed E-state index contributed by atoms with van der Waals surface area (Å²) in [6.07, 6.45) is 0.946. The maximum Gasteiger partial charge on any atom is 0.157 e. The Morgan fingerprint density at radius 2 is 1.91 bits per heavy atom. The number of hydrogen-bond acceptors (Lipinski definition) is 3. The van der Waals surface area contributed by atoms with Crippen molar-refractivity contribution in [3.05, 3.63) is 0 Å². The number of hydrogen-bond donors (Lipinski definition) is 1. The van der Waals surface area contributed by atoms with Gasteiger partial charge in [-0.2, -0.15) is 0 Å². The van der Waals surface area contributed by atoms with Crippen LogP contribution in [0.1, 0.15) is 20.3 Å². The van der Waals surface area contributed by atoms with E-state index in [9.17, 15) is 0 Å². The second kappa shape index (κ2) is 4.04. The molecule has 0 aliphatic carbocycles. The van der Waals surface area contributed by atoms with Crippen molar-refractivity contribution in [2.45, 2.75) is 32.6 Å². The molecular weight excluding hydrogens is 142 g/mol. The molecule has 0 spiro atoms. The molecule has 0 amide bonds. The monoisotopic (exact) mass is 159 g/mol. The second-order valence-corrected chi connectivity index (χ2v) is 3.49. The first-order valence-electron chi connectivity index (χ1n) is 4.17. The molecule has 0 atom stereocenters. The van der Waals surface area contributed by atoms with Gasteiger partial charge in [-0.05, 0) is 5.92 Å². The lowest BCUT2D eigenvalue weighted by atomic mass is 10.1. The summed E-state index contributed by atoms with van der Waals surface area (Å²) in [7, 11) is 0. The van der Waals surface area contributed by atoms with Crippen LogP contribution in [0.2, 0.25) is 0 Å². The van der Waals surface area contributed by atoms with E-state index in [0.29, 0.717) is 19.1 Å². The molecule has 3 nitrogen and oxygen atoms in total. The summed E-state index contributed by atoms with van der Waals surface area (Å²) in [6, 6.07) is 0.0680. The zero-order valence-electron chi connectivity index (χ0n) is 7.25. The van der Waals surface area contributed by atoms with E-state index in [-0.39, 0.29) is 12.3 Å². The Hall–Kier alpha value is -0.120. The summed E-state index contributed by atoms with van der Waals surface area (Å²) < 4.78 is 10.7. The molecule has 0 aromatic carbocycles. The van der Waals surface area contributed by atoms with Crippen molar-refractivity contribution < 1.29 is 9.47 Å². The highest BCUT2D eigenvalue weighted by molar-refractivity contribution is 4.65. The van der Waals surface area contributed by atoms with Crippen LogP contribution in [0.5, 0.6) is 0 Å². The van der Waals surface area contributed by atoms with Crippen LogP contribution in [0.4, 0.5) is 0 Å². The third-order valence-electron chi connectivity index (χ3n) is 1.66.